The number of rotatable bonds is 3. The summed E-state index contributed by atoms with van der Waals surface area (Å²) in [6.07, 6.45) is 7.94. The molecule has 0 saturated heterocycles. The zero-order valence-corrected chi connectivity index (χ0v) is 10.7. The molecule has 4 nitrogen and oxygen atoms in total. The van der Waals surface area contributed by atoms with Crippen molar-refractivity contribution in [3.8, 4) is 6.07 Å². The molecular weight excluding hydrogens is 212 g/mol. The first kappa shape index (κ1) is 12.1. The molecule has 4 heteroatoms. The van der Waals surface area contributed by atoms with Crippen molar-refractivity contribution in [2.24, 2.45) is 18.4 Å². The number of aryl methyl sites for hydroxylation is 1. The van der Waals surface area contributed by atoms with E-state index in [0.29, 0.717) is 0 Å². The Morgan fingerprint density at radius 2 is 2.24 bits per heavy atom. The Morgan fingerprint density at radius 3 is 2.71 bits per heavy atom. The van der Waals surface area contributed by atoms with Gasteiger partial charge in [0.15, 0.2) is 0 Å². The van der Waals surface area contributed by atoms with Gasteiger partial charge in [-0.2, -0.15) is 10.4 Å². The summed E-state index contributed by atoms with van der Waals surface area (Å²) < 4.78 is 1.78. The van der Waals surface area contributed by atoms with Crippen LogP contribution in [0.25, 0.3) is 0 Å². The van der Waals surface area contributed by atoms with Crippen LogP contribution in [0.2, 0.25) is 0 Å². The molecule has 1 saturated carbocycles. The average Bonchev–Trinajstić information content (AvgIpc) is 2.76. The summed E-state index contributed by atoms with van der Waals surface area (Å²) in [5.41, 5.74) is -0.202. The third kappa shape index (κ3) is 2.49. The smallest absolute Gasteiger partial charge is 0.138 e. The maximum absolute atomic E-state index is 9.48. The first-order valence-electron chi connectivity index (χ1n) is 6.43. The van der Waals surface area contributed by atoms with Crippen molar-refractivity contribution in [2.75, 3.05) is 0 Å². The van der Waals surface area contributed by atoms with E-state index in [9.17, 15) is 5.26 Å². The van der Waals surface area contributed by atoms with E-state index in [-0.39, 0.29) is 5.41 Å². The molecule has 1 fully saturated rings. The molecule has 0 radical (unpaired) electrons. The third-order valence-corrected chi connectivity index (χ3v) is 4.18. The van der Waals surface area contributed by atoms with Crippen LogP contribution < -0.4 is 0 Å². The van der Waals surface area contributed by atoms with Gasteiger partial charge in [-0.25, -0.2) is 4.98 Å². The van der Waals surface area contributed by atoms with Gasteiger partial charge in [-0.15, -0.1) is 0 Å². The first-order valence-corrected chi connectivity index (χ1v) is 6.43. The van der Waals surface area contributed by atoms with Crippen molar-refractivity contribution >= 4 is 0 Å². The molecular formula is C13H20N4. The van der Waals surface area contributed by atoms with Gasteiger partial charge < -0.3 is 0 Å². The van der Waals surface area contributed by atoms with Crippen molar-refractivity contribution in [3.05, 3.63) is 12.2 Å². The quantitative estimate of drug-likeness (QED) is 0.804. The highest BCUT2D eigenvalue weighted by molar-refractivity contribution is 5.07. The van der Waals surface area contributed by atoms with Gasteiger partial charge in [0.1, 0.15) is 12.2 Å². The molecule has 0 atom stereocenters. The van der Waals surface area contributed by atoms with Crippen molar-refractivity contribution < 1.29 is 0 Å². The Morgan fingerprint density at radius 1 is 1.53 bits per heavy atom. The number of nitriles is 1. The zero-order chi connectivity index (χ0) is 12.3. The maximum atomic E-state index is 9.48. The number of aromatic nitrogens is 3. The molecule has 92 valence electrons. The van der Waals surface area contributed by atoms with E-state index in [1.54, 1.807) is 11.0 Å². The fourth-order valence-electron chi connectivity index (χ4n) is 2.75. The van der Waals surface area contributed by atoms with Crippen LogP contribution in [0.3, 0.4) is 0 Å². The summed E-state index contributed by atoms with van der Waals surface area (Å²) in [6, 6.07) is 2.55. The largest absolute Gasteiger partial charge is 0.253 e. The topological polar surface area (TPSA) is 54.5 Å². The molecule has 1 aromatic heterocycles. The van der Waals surface area contributed by atoms with E-state index < -0.39 is 0 Å². The van der Waals surface area contributed by atoms with Crippen LogP contribution in [0.1, 0.15) is 44.9 Å². The molecule has 0 aromatic carbocycles. The van der Waals surface area contributed by atoms with Gasteiger partial charge in [-0.05, 0) is 31.6 Å². The minimum Gasteiger partial charge on any atom is -0.253 e. The lowest BCUT2D eigenvalue weighted by molar-refractivity contribution is 0.201. The predicted molar refractivity (Wildman–Crippen MR) is 65.0 cm³/mol. The monoisotopic (exact) mass is 232 g/mol. The summed E-state index contributed by atoms with van der Waals surface area (Å²) >= 11 is 0. The summed E-state index contributed by atoms with van der Waals surface area (Å²) in [7, 11) is 1.89. The highest BCUT2D eigenvalue weighted by Crippen LogP contribution is 2.41. The predicted octanol–water partition coefficient (Wildman–Crippen LogP) is 2.47. The lowest BCUT2D eigenvalue weighted by Gasteiger charge is -2.34. The number of nitrogens with zero attached hydrogens (tertiary/aromatic N) is 4. The Kier molecular flexibility index (Phi) is 3.46. The average molecular weight is 232 g/mol. The molecule has 0 unspecified atom stereocenters. The molecule has 0 N–H and O–H groups in total. The highest BCUT2D eigenvalue weighted by atomic mass is 15.3. The standard InChI is InChI=1S/C13H20N4/c1-3-11-4-6-13(9-14,7-5-11)8-12-15-10-16-17(12)2/h10-11H,3-8H2,1-2H3. The Hall–Kier alpha value is -1.37. The van der Waals surface area contributed by atoms with Gasteiger partial charge in [-0.1, -0.05) is 13.3 Å². The normalized spacial score (nSPS) is 28.9. The molecule has 1 aliphatic rings. The zero-order valence-electron chi connectivity index (χ0n) is 10.7. The lowest BCUT2D eigenvalue weighted by atomic mass is 9.69. The van der Waals surface area contributed by atoms with Gasteiger partial charge in [0, 0.05) is 13.5 Å². The van der Waals surface area contributed by atoms with E-state index in [1.807, 2.05) is 7.05 Å². The summed E-state index contributed by atoms with van der Waals surface area (Å²) in [5, 5.41) is 13.6. The van der Waals surface area contributed by atoms with Gasteiger partial charge in [0.25, 0.3) is 0 Å². The fraction of sp³-hybridized carbons (Fsp3) is 0.769. The van der Waals surface area contributed by atoms with Crippen molar-refractivity contribution in [1.29, 1.82) is 5.26 Å². The summed E-state index contributed by atoms with van der Waals surface area (Å²) in [4.78, 5) is 4.24. The molecule has 1 aliphatic carbocycles. The highest BCUT2D eigenvalue weighted by Gasteiger charge is 2.36. The van der Waals surface area contributed by atoms with E-state index >= 15 is 0 Å². The third-order valence-electron chi connectivity index (χ3n) is 4.18. The molecule has 1 aromatic rings. The van der Waals surface area contributed by atoms with Crippen LogP contribution in [0.15, 0.2) is 6.33 Å². The van der Waals surface area contributed by atoms with Gasteiger partial charge >= 0.3 is 0 Å². The van der Waals surface area contributed by atoms with Gasteiger partial charge in [0.05, 0.1) is 11.5 Å². The molecule has 2 rings (SSSR count). The van der Waals surface area contributed by atoms with Crippen LogP contribution in [0.5, 0.6) is 0 Å². The van der Waals surface area contributed by atoms with E-state index in [4.69, 9.17) is 0 Å². The van der Waals surface area contributed by atoms with Crippen molar-refractivity contribution in [2.45, 2.75) is 45.4 Å². The molecule has 0 amide bonds. The minimum absolute atomic E-state index is 0.202. The number of hydrogen-bond donors (Lipinski definition) is 0. The van der Waals surface area contributed by atoms with Crippen LogP contribution in [0, 0.1) is 22.7 Å². The van der Waals surface area contributed by atoms with Crippen molar-refractivity contribution in [3.63, 3.8) is 0 Å². The summed E-state index contributed by atoms with van der Waals surface area (Å²) in [6.45, 7) is 2.24. The second-order valence-corrected chi connectivity index (χ2v) is 5.22. The van der Waals surface area contributed by atoms with Crippen molar-refractivity contribution in [1.82, 2.24) is 14.8 Å². The second-order valence-electron chi connectivity index (χ2n) is 5.22. The number of hydrogen-bond acceptors (Lipinski definition) is 3. The molecule has 17 heavy (non-hydrogen) atoms. The van der Waals surface area contributed by atoms with Gasteiger partial charge in [0.2, 0.25) is 0 Å². The SMILES string of the molecule is CCC1CCC(C#N)(Cc2ncnn2C)CC1. The van der Waals surface area contributed by atoms with Crippen LogP contribution in [0.4, 0.5) is 0 Å². The van der Waals surface area contributed by atoms with Crippen LogP contribution >= 0.6 is 0 Å². The minimum atomic E-state index is -0.202. The maximum Gasteiger partial charge on any atom is 0.138 e. The summed E-state index contributed by atoms with van der Waals surface area (Å²) in [5.74, 6) is 1.75. The Balaban J connectivity index is 2.07. The molecule has 0 bridgehead atoms. The molecule has 0 aliphatic heterocycles. The Bertz CT molecular complexity index is 407. The van der Waals surface area contributed by atoms with Gasteiger partial charge in [-0.3, -0.25) is 4.68 Å². The molecule has 1 heterocycles. The first-order chi connectivity index (χ1) is 8.19. The molecule has 0 spiro atoms. The van der Waals surface area contributed by atoms with Crippen LogP contribution in [-0.2, 0) is 13.5 Å². The Labute approximate surface area is 103 Å². The van der Waals surface area contributed by atoms with E-state index in [0.717, 1.165) is 31.0 Å². The fourth-order valence-corrected chi connectivity index (χ4v) is 2.75. The van der Waals surface area contributed by atoms with E-state index in [2.05, 4.69) is 23.1 Å². The van der Waals surface area contributed by atoms with Crippen LogP contribution in [-0.4, -0.2) is 14.8 Å². The second kappa shape index (κ2) is 4.87. The lowest BCUT2D eigenvalue weighted by Crippen LogP contribution is -2.29. The van der Waals surface area contributed by atoms with E-state index in [1.165, 1.54) is 19.3 Å².